The minimum absolute atomic E-state index is 0. The Morgan fingerprint density at radius 3 is 2.59 bits per heavy atom. The normalized spacial score (nSPS) is 23.1. The van der Waals surface area contributed by atoms with Gasteiger partial charge in [-0.15, -0.1) is 24.0 Å². The number of aliphatic hydroxyl groups excluding tert-OH is 1. The van der Waals surface area contributed by atoms with Gasteiger partial charge in [-0.3, -0.25) is 4.79 Å². The molecule has 1 saturated heterocycles. The Morgan fingerprint density at radius 2 is 2.00 bits per heavy atom. The van der Waals surface area contributed by atoms with Gasteiger partial charge in [0, 0.05) is 25.7 Å². The minimum atomic E-state index is -0.287. The predicted octanol–water partition coefficient (Wildman–Crippen LogP) is 1.09. The van der Waals surface area contributed by atoms with E-state index in [0.717, 1.165) is 38.3 Å². The highest BCUT2D eigenvalue weighted by Gasteiger charge is 2.23. The van der Waals surface area contributed by atoms with E-state index in [1.54, 1.807) is 0 Å². The van der Waals surface area contributed by atoms with Crippen molar-refractivity contribution < 1.29 is 9.90 Å². The molecule has 1 aliphatic carbocycles. The van der Waals surface area contributed by atoms with Crippen molar-refractivity contribution in [2.45, 2.75) is 57.6 Å². The molecule has 1 aliphatic heterocycles. The summed E-state index contributed by atoms with van der Waals surface area (Å²) in [4.78, 5) is 18.4. The van der Waals surface area contributed by atoms with Crippen molar-refractivity contribution in [1.82, 2.24) is 15.5 Å². The summed E-state index contributed by atoms with van der Waals surface area (Å²) < 4.78 is 0. The molecule has 0 aromatic carbocycles. The number of nitrogens with one attached hydrogen (secondary N) is 2. The van der Waals surface area contributed by atoms with E-state index in [2.05, 4.69) is 15.6 Å². The SMILES string of the molecule is CCNC(=NCC(=O)NC1CCCCC1)N1CC[C@@H](O)C1.I. The second-order valence-electron chi connectivity index (χ2n) is 5.96. The van der Waals surface area contributed by atoms with Crippen molar-refractivity contribution in [1.29, 1.82) is 0 Å². The zero-order valence-corrected chi connectivity index (χ0v) is 15.7. The maximum absolute atomic E-state index is 12.0. The fourth-order valence-corrected chi connectivity index (χ4v) is 3.03. The monoisotopic (exact) mass is 424 g/mol. The molecule has 1 heterocycles. The molecule has 1 amide bonds. The zero-order valence-electron chi connectivity index (χ0n) is 13.4. The number of hydrogen-bond acceptors (Lipinski definition) is 3. The number of hydrogen-bond donors (Lipinski definition) is 3. The van der Waals surface area contributed by atoms with Crippen LogP contribution in [0.2, 0.25) is 0 Å². The van der Waals surface area contributed by atoms with Crippen LogP contribution >= 0.6 is 24.0 Å². The summed E-state index contributed by atoms with van der Waals surface area (Å²) in [6.45, 7) is 4.30. The van der Waals surface area contributed by atoms with E-state index < -0.39 is 0 Å². The molecule has 7 heteroatoms. The van der Waals surface area contributed by atoms with Crippen LogP contribution in [0.25, 0.3) is 0 Å². The third-order valence-electron chi connectivity index (χ3n) is 4.14. The van der Waals surface area contributed by atoms with Crippen LogP contribution in [-0.2, 0) is 4.79 Å². The van der Waals surface area contributed by atoms with Crippen LogP contribution in [-0.4, -0.2) is 60.2 Å². The molecule has 22 heavy (non-hydrogen) atoms. The van der Waals surface area contributed by atoms with E-state index in [4.69, 9.17) is 0 Å². The quantitative estimate of drug-likeness (QED) is 0.359. The van der Waals surface area contributed by atoms with Crippen molar-refractivity contribution in [3.63, 3.8) is 0 Å². The van der Waals surface area contributed by atoms with Gasteiger partial charge in [0.1, 0.15) is 6.54 Å². The largest absolute Gasteiger partial charge is 0.391 e. The van der Waals surface area contributed by atoms with Gasteiger partial charge in [0.2, 0.25) is 5.91 Å². The Kier molecular flexibility index (Phi) is 9.08. The van der Waals surface area contributed by atoms with Gasteiger partial charge in [-0.05, 0) is 26.2 Å². The number of aliphatic imine (C=N–C) groups is 1. The van der Waals surface area contributed by atoms with Gasteiger partial charge in [0.25, 0.3) is 0 Å². The van der Waals surface area contributed by atoms with Gasteiger partial charge in [-0.25, -0.2) is 4.99 Å². The summed E-state index contributed by atoms with van der Waals surface area (Å²) in [5.41, 5.74) is 0. The summed E-state index contributed by atoms with van der Waals surface area (Å²) in [5.74, 6) is 0.727. The lowest BCUT2D eigenvalue weighted by Crippen LogP contribution is -2.42. The number of carbonyl (C=O) groups excluding carboxylic acids is 1. The van der Waals surface area contributed by atoms with Gasteiger partial charge in [-0.2, -0.15) is 0 Å². The van der Waals surface area contributed by atoms with Crippen molar-refractivity contribution in [3.8, 4) is 0 Å². The van der Waals surface area contributed by atoms with Crippen molar-refractivity contribution in [2.24, 2.45) is 4.99 Å². The van der Waals surface area contributed by atoms with Crippen LogP contribution < -0.4 is 10.6 Å². The zero-order chi connectivity index (χ0) is 15.1. The molecule has 2 fully saturated rings. The Morgan fingerprint density at radius 1 is 1.27 bits per heavy atom. The van der Waals surface area contributed by atoms with Crippen LogP contribution in [0, 0.1) is 0 Å². The van der Waals surface area contributed by atoms with Gasteiger partial charge in [0.15, 0.2) is 5.96 Å². The summed E-state index contributed by atoms with van der Waals surface area (Å²) in [6.07, 6.45) is 6.36. The number of amides is 1. The Labute approximate surface area is 150 Å². The van der Waals surface area contributed by atoms with E-state index in [-0.39, 0.29) is 42.5 Å². The lowest BCUT2D eigenvalue weighted by atomic mass is 9.95. The smallest absolute Gasteiger partial charge is 0.242 e. The fraction of sp³-hybridized carbons (Fsp3) is 0.867. The van der Waals surface area contributed by atoms with Crippen LogP contribution in [0.15, 0.2) is 4.99 Å². The molecule has 1 saturated carbocycles. The number of guanidine groups is 1. The van der Waals surface area contributed by atoms with Gasteiger partial charge < -0.3 is 20.6 Å². The summed E-state index contributed by atoms with van der Waals surface area (Å²) in [5, 5.41) is 15.9. The first-order chi connectivity index (χ1) is 10.2. The average molecular weight is 424 g/mol. The number of halogens is 1. The molecule has 3 N–H and O–H groups in total. The van der Waals surface area contributed by atoms with E-state index in [1.807, 2.05) is 11.8 Å². The van der Waals surface area contributed by atoms with Crippen LogP contribution in [0.5, 0.6) is 0 Å². The lowest BCUT2D eigenvalue weighted by molar-refractivity contribution is -0.120. The predicted molar refractivity (Wildman–Crippen MR) is 98.6 cm³/mol. The second-order valence-corrected chi connectivity index (χ2v) is 5.96. The highest BCUT2D eigenvalue weighted by molar-refractivity contribution is 14.0. The molecule has 0 aromatic rings. The number of carbonyl (C=O) groups is 1. The maximum atomic E-state index is 12.0. The van der Waals surface area contributed by atoms with E-state index in [1.165, 1.54) is 19.3 Å². The third-order valence-corrected chi connectivity index (χ3v) is 4.14. The number of rotatable bonds is 4. The molecule has 0 bridgehead atoms. The highest BCUT2D eigenvalue weighted by Crippen LogP contribution is 2.17. The summed E-state index contributed by atoms with van der Waals surface area (Å²) in [6, 6.07) is 0.331. The molecule has 0 unspecified atom stereocenters. The standard InChI is InChI=1S/C15H28N4O2.HI/c1-2-16-15(19-9-8-13(20)11-19)17-10-14(21)18-12-6-4-3-5-7-12;/h12-13,20H,2-11H2,1H3,(H,16,17)(H,18,21);1H/t13-;/m1./s1. The Balaban J connectivity index is 0.00000242. The molecule has 1 atom stereocenters. The van der Waals surface area contributed by atoms with Crippen molar-refractivity contribution in [3.05, 3.63) is 0 Å². The first-order valence-corrected chi connectivity index (χ1v) is 8.19. The van der Waals surface area contributed by atoms with Gasteiger partial charge in [-0.1, -0.05) is 19.3 Å². The molecule has 0 spiro atoms. The topological polar surface area (TPSA) is 77.0 Å². The molecule has 6 nitrogen and oxygen atoms in total. The van der Waals surface area contributed by atoms with Crippen molar-refractivity contribution in [2.75, 3.05) is 26.2 Å². The molecule has 0 aromatic heterocycles. The first kappa shape index (κ1) is 19.5. The van der Waals surface area contributed by atoms with E-state index in [9.17, 15) is 9.90 Å². The fourth-order valence-electron chi connectivity index (χ4n) is 3.03. The number of β-amino-alcohol motifs (C(OH)–C–C–N with tert-alkyl or cyclic N) is 1. The van der Waals surface area contributed by atoms with Crippen molar-refractivity contribution >= 4 is 35.8 Å². The molecule has 0 radical (unpaired) electrons. The molecular formula is C15H29IN4O2. The molecule has 2 aliphatic rings. The Bertz CT molecular complexity index is 373. The van der Waals surface area contributed by atoms with Gasteiger partial charge >= 0.3 is 0 Å². The molecule has 128 valence electrons. The van der Waals surface area contributed by atoms with Crippen LogP contribution in [0.1, 0.15) is 45.4 Å². The number of nitrogens with zero attached hydrogens (tertiary/aromatic N) is 2. The van der Waals surface area contributed by atoms with Crippen LogP contribution in [0.3, 0.4) is 0 Å². The van der Waals surface area contributed by atoms with Crippen LogP contribution in [0.4, 0.5) is 0 Å². The maximum Gasteiger partial charge on any atom is 0.242 e. The molecular weight excluding hydrogens is 395 g/mol. The second kappa shape index (κ2) is 10.3. The summed E-state index contributed by atoms with van der Waals surface area (Å²) in [7, 11) is 0. The Hall–Kier alpha value is -0.570. The molecule has 2 rings (SSSR count). The lowest BCUT2D eigenvalue weighted by Gasteiger charge is -2.23. The first-order valence-electron chi connectivity index (χ1n) is 8.19. The highest BCUT2D eigenvalue weighted by atomic mass is 127. The van der Waals surface area contributed by atoms with E-state index >= 15 is 0 Å². The third kappa shape index (κ3) is 6.28. The summed E-state index contributed by atoms with van der Waals surface area (Å²) >= 11 is 0. The number of likely N-dealkylation sites (tertiary alicyclic amines) is 1. The number of aliphatic hydroxyl groups is 1. The van der Waals surface area contributed by atoms with Gasteiger partial charge in [0.05, 0.1) is 6.10 Å². The minimum Gasteiger partial charge on any atom is -0.391 e. The average Bonchev–Trinajstić information content (AvgIpc) is 2.91. The van der Waals surface area contributed by atoms with E-state index in [0.29, 0.717) is 12.6 Å².